The molecule has 0 aliphatic rings. The van der Waals surface area contributed by atoms with Crippen molar-refractivity contribution in [2.45, 2.75) is 0 Å². The molecule has 0 heterocycles. The van der Waals surface area contributed by atoms with Crippen LogP contribution < -0.4 is 5.73 Å². The maximum atomic E-state index is 5.40. The van der Waals surface area contributed by atoms with Crippen molar-refractivity contribution in [1.29, 1.82) is 0 Å². The van der Waals surface area contributed by atoms with E-state index in [4.69, 9.17) is 5.73 Å². The van der Waals surface area contributed by atoms with Crippen molar-refractivity contribution in [1.82, 2.24) is 0 Å². The minimum Gasteiger partial charge on any atom is -0.327 e. The van der Waals surface area contributed by atoms with Crippen molar-refractivity contribution in [3.8, 4) is 0 Å². The predicted molar refractivity (Wildman–Crippen MR) is 62.0 cm³/mol. The molecule has 1 heteroatoms. The molecule has 2 N–H and O–H groups in total. The van der Waals surface area contributed by atoms with Crippen molar-refractivity contribution >= 4 is 16.8 Å². The molecule has 0 bridgehead atoms. The first-order valence-electron chi connectivity index (χ1n) is 4.75. The molecule has 0 radical (unpaired) electrons. The molecule has 0 saturated heterocycles. The predicted octanol–water partition coefficient (Wildman–Crippen LogP) is 2.81. The van der Waals surface area contributed by atoms with E-state index in [1.807, 2.05) is 12.2 Å². The number of nitrogens with two attached hydrogens (primary N) is 1. The van der Waals surface area contributed by atoms with Crippen LogP contribution in [0.2, 0.25) is 0 Å². The summed E-state index contributed by atoms with van der Waals surface area (Å²) in [7, 11) is 0. The molecule has 0 amide bonds. The van der Waals surface area contributed by atoms with E-state index in [1.54, 1.807) is 0 Å². The van der Waals surface area contributed by atoms with Gasteiger partial charge in [-0.1, -0.05) is 48.6 Å². The van der Waals surface area contributed by atoms with Gasteiger partial charge in [0.25, 0.3) is 0 Å². The van der Waals surface area contributed by atoms with E-state index in [2.05, 4.69) is 42.5 Å². The topological polar surface area (TPSA) is 26.0 Å². The Labute approximate surface area is 83.9 Å². The average molecular weight is 183 g/mol. The van der Waals surface area contributed by atoms with Gasteiger partial charge in [-0.2, -0.15) is 0 Å². The lowest BCUT2D eigenvalue weighted by Gasteiger charge is -1.98. The lowest BCUT2D eigenvalue weighted by atomic mass is 10.1. The lowest BCUT2D eigenvalue weighted by Crippen LogP contribution is -1.91. The van der Waals surface area contributed by atoms with Crippen LogP contribution in [0.1, 0.15) is 5.56 Å². The van der Waals surface area contributed by atoms with E-state index in [0.29, 0.717) is 6.54 Å². The highest BCUT2D eigenvalue weighted by Crippen LogP contribution is 2.16. The van der Waals surface area contributed by atoms with Gasteiger partial charge in [-0.25, -0.2) is 0 Å². The number of hydrogen-bond acceptors (Lipinski definition) is 1. The molecule has 0 aliphatic heterocycles. The third kappa shape index (κ3) is 1.83. The van der Waals surface area contributed by atoms with Crippen molar-refractivity contribution in [2.75, 3.05) is 6.54 Å². The molecule has 2 aromatic carbocycles. The maximum Gasteiger partial charge on any atom is 0.0110 e. The Morgan fingerprint density at radius 2 is 1.79 bits per heavy atom. The number of rotatable bonds is 2. The minimum atomic E-state index is 0.590. The standard InChI is InChI=1S/C13H13N/c14-9-3-4-11-7-8-12-5-1-2-6-13(12)10-11/h1-8,10H,9,14H2. The van der Waals surface area contributed by atoms with Crippen molar-refractivity contribution in [2.24, 2.45) is 5.73 Å². The number of benzene rings is 2. The Morgan fingerprint density at radius 3 is 2.57 bits per heavy atom. The van der Waals surface area contributed by atoms with E-state index in [0.717, 1.165) is 0 Å². The van der Waals surface area contributed by atoms with Gasteiger partial charge in [-0.3, -0.25) is 0 Å². The highest BCUT2D eigenvalue weighted by molar-refractivity contribution is 5.84. The zero-order valence-electron chi connectivity index (χ0n) is 7.98. The zero-order chi connectivity index (χ0) is 9.80. The van der Waals surface area contributed by atoms with Crippen molar-refractivity contribution < 1.29 is 0 Å². The summed E-state index contributed by atoms with van der Waals surface area (Å²) in [6.45, 7) is 0.590. The first-order valence-corrected chi connectivity index (χ1v) is 4.75. The van der Waals surface area contributed by atoms with Gasteiger partial charge in [0.2, 0.25) is 0 Å². The molecule has 1 nitrogen and oxygen atoms in total. The zero-order valence-corrected chi connectivity index (χ0v) is 7.98. The van der Waals surface area contributed by atoms with Crippen molar-refractivity contribution in [3.05, 3.63) is 54.1 Å². The van der Waals surface area contributed by atoms with Gasteiger partial charge >= 0.3 is 0 Å². The van der Waals surface area contributed by atoms with E-state index < -0.39 is 0 Å². The lowest BCUT2D eigenvalue weighted by molar-refractivity contribution is 1.26. The molecule has 2 aromatic rings. The second-order valence-corrected chi connectivity index (χ2v) is 3.24. The molecule has 0 fully saturated rings. The summed E-state index contributed by atoms with van der Waals surface area (Å²) in [5, 5.41) is 2.55. The second-order valence-electron chi connectivity index (χ2n) is 3.24. The van der Waals surface area contributed by atoms with E-state index in [-0.39, 0.29) is 0 Å². The minimum absolute atomic E-state index is 0.590. The molecule has 14 heavy (non-hydrogen) atoms. The molecular weight excluding hydrogens is 170 g/mol. The molecule has 0 saturated carbocycles. The van der Waals surface area contributed by atoms with Crippen LogP contribution >= 0.6 is 0 Å². The summed E-state index contributed by atoms with van der Waals surface area (Å²) >= 11 is 0. The molecular formula is C13H13N. The highest BCUT2D eigenvalue weighted by Gasteiger charge is 1.91. The molecule has 2 rings (SSSR count). The smallest absolute Gasteiger partial charge is 0.0110 e. The fraction of sp³-hybridized carbons (Fsp3) is 0.0769. The number of hydrogen-bond donors (Lipinski definition) is 1. The van der Waals surface area contributed by atoms with Crippen LogP contribution in [-0.2, 0) is 0 Å². The van der Waals surface area contributed by atoms with E-state index in [9.17, 15) is 0 Å². The second kappa shape index (κ2) is 4.07. The SMILES string of the molecule is NCC=Cc1ccc2ccccc2c1. The average Bonchev–Trinajstić information content (AvgIpc) is 2.26. The fourth-order valence-corrected chi connectivity index (χ4v) is 1.52. The quantitative estimate of drug-likeness (QED) is 0.761. The monoisotopic (exact) mass is 183 g/mol. The van der Waals surface area contributed by atoms with Gasteiger partial charge in [-0.05, 0) is 22.4 Å². The molecule has 0 aliphatic carbocycles. The van der Waals surface area contributed by atoms with Crippen LogP contribution in [0.4, 0.5) is 0 Å². The Balaban J connectivity index is 2.46. The highest BCUT2D eigenvalue weighted by atomic mass is 14.5. The number of fused-ring (bicyclic) bond motifs is 1. The van der Waals surface area contributed by atoms with Gasteiger partial charge in [-0.15, -0.1) is 0 Å². The van der Waals surface area contributed by atoms with Crippen LogP contribution in [0.3, 0.4) is 0 Å². The Hall–Kier alpha value is -1.60. The van der Waals surface area contributed by atoms with Crippen LogP contribution in [0, 0.1) is 0 Å². The van der Waals surface area contributed by atoms with E-state index >= 15 is 0 Å². The molecule has 0 aromatic heterocycles. The summed E-state index contributed by atoms with van der Waals surface area (Å²) in [6, 6.07) is 14.7. The summed E-state index contributed by atoms with van der Waals surface area (Å²) in [6.07, 6.45) is 4.01. The van der Waals surface area contributed by atoms with Gasteiger partial charge < -0.3 is 5.73 Å². The normalized spacial score (nSPS) is 11.2. The van der Waals surface area contributed by atoms with Gasteiger partial charge in [0, 0.05) is 6.54 Å². The Bertz CT molecular complexity index is 457. The van der Waals surface area contributed by atoms with Crippen LogP contribution in [0.15, 0.2) is 48.5 Å². The molecule has 0 unspecified atom stereocenters. The summed E-state index contributed by atoms with van der Waals surface area (Å²) < 4.78 is 0. The van der Waals surface area contributed by atoms with Crippen LogP contribution in [0.25, 0.3) is 16.8 Å². The van der Waals surface area contributed by atoms with E-state index in [1.165, 1.54) is 16.3 Å². The van der Waals surface area contributed by atoms with Crippen LogP contribution in [-0.4, -0.2) is 6.54 Å². The summed E-state index contributed by atoms with van der Waals surface area (Å²) in [4.78, 5) is 0. The maximum absolute atomic E-state index is 5.40. The molecule has 0 spiro atoms. The first-order chi connectivity index (χ1) is 6.90. The third-order valence-electron chi connectivity index (χ3n) is 2.22. The third-order valence-corrected chi connectivity index (χ3v) is 2.22. The largest absolute Gasteiger partial charge is 0.327 e. The fourth-order valence-electron chi connectivity index (χ4n) is 1.52. The molecule has 70 valence electrons. The van der Waals surface area contributed by atoms with Crippen molar-refractivity contribution in [3.63, 3.8) is 0 Å². The summed E-state index contributed by atoms with van der Waals surface area (Å²) in [5.74, 6) is 0. The summed E-state index contributed by atoms with van der Waals surface area (Å²) in [5.41, 5.74) is 6.61. The first kappa shape index (κ1) is 8.97. The Morgan fingerprint density at radius 1 is 1.00 bits per heavy atom. The van der Waals surface area contributed by atoms with Gasteiger partial charge in [0.05, 0.1) is 0 Å². The van der Waals surface area contributed by atoms with Gasteiger partial charge in [0.1, 0.15) is 0 Å². The van der Waals surface area contributed by atoms with Gasteiger partial charge in [0.15, 0.2) is 0 Å². The Kier molecular flexibility index (Phi) is 2.61. The van der Waals surface area contributed by atoms with Crippen LogP contribution in [0.5, 0.6) is 0 Å². The molecule has 0 atom stereocenters.